The molecule has 0 unspecified atom stereocenters. The van der Waals surface area contributed by atoms with E-state index >= 15 is 0 Å². The van der Waals surface area contributed by atoms with Gasteiger partial charge in [-0.05, 0) is 32.9 Å². The van der Waals surface area contributed by atoms with Crippen LogP contribution in [0.15, 0.2) is 24.3 Å². The fourth-order valence-electron chi connectivity index (χ4n) is 1.82. The zero-order valence-electron chi connectivity index (χ0n) is 13.2. The summed E-state index contributed by atoms with van der Waals surface area (Å²) in [6.07, 6.45) is 0.321. The molecule has 0 amide bonds. The summed E-state index contributed by atoms with van der Waals surface area (Å²) < 4.78 is 6.97. The highest BCUT2D eigenvalue weighted by Gasteiger charge is 2.22. The molecule has 0 spiro atoms. The van der Waals surface area contributed by atoms with Gasteiger partial charge in [-0.1, -0.05) is 32.9 Å². The molecule has 4 nitrogen and oxygen atoms in total. The fraction of sp³-hybridized carbons (Fsp3) is 0.500. The zero-order chi connectivity index (χ0) is 15.3. The van der Waals surface area contributed by atoms with Crippen molar-refractivity contribution in [2.45, 2.75) is 53.6 Å². The fourth-order valence-corrected chi connectivity index (χ4v) is 1.82. The maximum absolute atomic E-state index is 12.2. The maximum atomic E-state index is 12.2. The normalized spacial score (nSPS) is 10.9. The van der Waals surface area contributed by atoms with Crippen molar-refractivity contribution in [2.24, 2.45) is 0 Å². The summed E-state index contributed by atoms with van der Waals surface area (Å²) in [7, 11) is 0. The number of nitrogens with zero attached hydrogens (tertiary/aromatic N) is 2. The van der Waals surface area contributed by atoms with Gasteiger partial charge in [-0.15, -0.1) is 0 Å². The van der Waals surface area contributed by atoms with Gasteiger partial charge in [0.2, 0.25) is 0 Å². The minimum Gasteiger partial charge on any atom is -0.443 e. The molecule has 0 aliphatic rings. The largest absolute Gasteiger partial charge is 0.443 e. The third-order valence-corrected chi connectivity index (χ3v) is 2.52. The molecule has 110 valence electrons. The van der Waals surface area contributed by atoms with Gasteiger partial charge in [-0.3, -0.25) is 0 Å². The van der Waals surface area contributed by atoms with Gasteiger partial charge >= 0.3 is 6.09 Å². The van der Waals surface area contributed by atoms with E-state index in [1.54, 1.807) is 4.57 Å². The number of hydrogen-bond donors (Lipinski definition) is 0. The molecule has 0 fully saturated rings. The van der Waals surface area contributed by atoms with Crippen molar-refractivity contribution in [3.05, 3.63) is 30.1 Å². The van der Waals surface area contributed by atoms with Crippen LogP contribution in [0.1, 0.15) is 47.4 Å². The molecule has 2 aromatic rings. The summed E-state index contributed by atoms with van der Waals surface area (Å²) >= 11 is 0. The van der Waals surface area contributed by atoms with Crippen molar-refractivity contribution in [1.29, 1.82) is 0 Å². The summed E-state index contributed by atoms with van der Waals surface area (Å²) in [6, 6.07) is 7.58. The molecule has 0 bridgehead atoms. The predicted octanol–water partition coefficient (Wildman–Crippen LogP) is 4.41. The summed E-state index contributed by atoms with van der Waals surface area (Å²) in [6.45, 7) is 11.5. The second-order valence-electron chi connectivity index (χ2n) is 5.19. The molecule has 20 heavy (non-hydrogen) atoms. The van der Waals surface area contributed by atoms with Crippen molar-refractivity contribution in [3.8, 4) is 0 Å². The minimum absolute atomic E-state index is 0.368. The van der Waals surface area contributed by atoms with Gasteiger partial charge in [0.25, 0.3) is 0 Å². The first-order valence-electron chi connectivity index (χ1n) is 7.12. The molecular weight excluding hydrogens is 252 g/mol. The molecule has 0 saturated heterocycles. The van der Waals surface area contributed by atoms with Crippen molar-refractivity contribution >= 4 is 17.1 Å². The lowest BCUT2D eigenvalue weighted by atomic mass is 10.2. The Kier molecular flexibility index (Phi) is 5.31. The molecule has 4 heteroatoms. The average Bonchev–Trinajstić information content (AvgIpc) is 2.77. The molecule has 0 radical (unpaired) electrons. The molecule has 0 N–H and O–H groups in total. The highest BCUT2D eigenvalue weighted by atomic mass is 16.6. The molecule has 0 saturated carbocycles. The van der Waals surface area contributed by atoms with Crippen LogP contribution in [0.2, 0.25) is 0 Å². The van der Waals surface area contributed by atoms with E-state index < -0.39 is 5.60 Å². The lowest BCUT2D eigenvalue weighted by Crippen LogP contribution is -2.28. The van der Waals surface area contributed by atoms with Crippen molar-refractivity contribution in [3.63, 3.8) is 0 Å². The van der Waals surface area contributed by atoms with Gasteiger partial charge in [0.05, 0.1) is 11.0 Å². The average molecular weight is 276 g/mol. The first-order valence-corrected chi connectivity index (χ1v) is 7.12. The smallest absolute Gasteiger partial charge is 0.420 e. The summed E-state index contributed by atoms with van der Waals surface area (Å²) in [5.74, 6) is 0.727. The number of benzene rings is 1. The van der Waals surface area contributed by atoms with Gasteiger partial charge in [0, 0.05) is 6.42 Å². The number of carbonyl (C=O) groups is 1. The Balaban J connectivity index is 0.000000956. The highest BCUT2D eigenvalue weighted by Crippen LogP contribution is 2.18. The zero-order valence-corrected chi connectivity index (χ0v) is 13.2. The number of rotatable bonds is 1. The SMILES string of the molecule is CC.CCc1nc2ccccc2n1C(=O)OC(C)(C)C. The number of para-hydroxylation sites is 2. The summed E-state index contributed by atoms with van der Waals surface area (Å²) in [5, 5.41) is 0. The molecule has 0 atom stereocenters. The van der Waals surface area contributed by atoms with Crippen LogP contribution in [0, 0.1) is 0 Å². The molecule has 2 rings (SSSR count). The molecule has 0 aliphatic carbocycles. The van der Waals surface area contributed by atoms with Crippen LogP contribution in [0.4, 0.5) is 4.79 Å². The lowest BCUT2D eigenvalue weighted by Gasteiger charge is -2.20. The Labute approximate surface area is 120 Å². The van der Waals surface area contributed by atoms with Gasteiger partial charge in [0.1, 0.15) is 11.4 Å². The van der Waals surface area contributed by atoms with Gasteiger partial charge in [-0.25, -0.2) is 14.3 Å². The van der Waals surface area contributed by atoms with E-state index in [2.05, 4.69) is 4.98 Å². The van der Waals surface area contributed by atoms with E-state index in [1.165, 1.54) is 0 Å². The van der Waals surface area contributed by atoms with Gasteiger partial charge in [-0.2, -0.15) is 0 Å². The van der Waals surface area contributed by atoms with E-state index in [9.17, 15) is 4.79 Å². The van der Waals surface area contributed by atoms with E-state index in [0.717, 1.165) is 16.9 Å². The number of fused-ring (bicyclic) bond motifs is 1. The number of hydrogen-bond acceptors (Lipinski definition) is 3. The molecule has 0 aliphatic heterocycles. The van der Waals surface area contributed by atoms with Crippen LogP contribution in [0.5, 0.6) is 0 Å². The Morgan fingerprint density at radius 3 is 2.40 bits per heavy atom. The maximum Gasteiger partial charge on any atom is 0.420 e. The van der Waals surface area contributed by atoms with Crippen LogP contribution < -0.4 is 0 Å². The predicted molar refractivity (Wildman–Crippen MR) is 82.1 cm³/mol. The van der Waals surface area contributed by atoms with E-state index in [4.69, 9.17) is 4.74 Å². The third-order valence-electron chi connectivity index (χ3n) is 2.52. The lowest BCUT2D eigenvalue weighted by molar-refractivity contribution is 0.0539. The van der Waals surface area contributed by atoms with Crippen LogP contribution in [0.3, 0.4) is 0 Å². The highest BCUT2D eigenvalue weighted by molar-refractivity contribution is 5.87. The molecular formula is C16H24N2O2. The van der Waals surface area contributed by atoms with Crippen LogP contribution in [-0.2, 0) is 11.2 Å². The second kappa shape index (κ2) is 6.55. The third kappa shape index (κ3) is 3.59. The molecule has 1 heterocycles. The quantitative estimate of drug-likeness (QED) is 0.775. The first kappa shape index (κ1) is 16.2. The van der Waals surface area contributed by atoms with Crippen LogP contribution in [-0.4, -0.2) is 21.2 Å². The first-order chi connectivity index (χ1) is 9.42. The van der Waals surface area contributed by atoms with E-state index in [1.807, 2.05) is 65.8 Å². The Morgan fingerprint density at radius 2 is 1.85 bits per heavy atom. The summed E-state index contributed by atoms with van der Waals surface area (Å²) in [5.41, 5.74) is 1.11. The van der Waals surface area contributed by atoms with E-state index in [-0.39, 0.29) is 6.09 Å². The van der Waals surface area contributed by atoms with Crippen LogP contribution in [0.25, 0.3) is 11.0 Å². The minimum atomic E-state index is -0.506. The van der Waals surface area contributed by atoms with Crippen molar-refractivity contribution < 1.29 is 9.53 Å². The van der Waals surface area contributed by atoms with Crippen molar-refractivity contribution in [2.75, 3.05) is 0 Å². The molecule has 1 aromatic carbocycles. The number of ether oxygens (including phenoxy) is 1. The standard InChI is InChI=1S/C14H18N2O2.C2H6/c1-5-12-15-10-8-6-7-9-11(10)16(12)13(17)18-14(2,3)4;1-2/h6-9H,5H2,1-4H3;1-2H3. The van der Waals surface area contributed by atoms with Crippen molar-refractivity contribution in [1.82, 2.24) is 9.55 Å². The van der Waals surface area contributed by atoms with Gasteiger partial charge in [0.15, 0.2) is 0 Å². The van der Waals surface area contributed by atoms with E-state index in [0.29, 0.717) is 6.42 Å². The molecule has 1 aromatic heterocycles. The van der Waals surface area contributed by atoms with Gasteiger partial charge < -0.3 is 4.74 Å². The summed E-state index contributed by atoms with van der Waals surface area (Å²) in [4.78, 5) is 16.7. The number of carbonyl (C=O) groups excluding carboxylic acids is 1. The monoisotopic (exact) mass is 276 g/mol. The number of imidazole rings is 1. The Hall–Kier alpha value is -1.84. The Bertz CT molecular complexity index is 580. The number of aromatic nitrogens is 2. The number of aryl methyl sites for hydroxylation is 1. The Morgan fingerprint density at radius 1 is 1.25 bits per heavy atom. The second-order valence-corrected chi connectivity index (χ2v) is 5.19. The topological polar surface area (TPSA) is 44.1 Å². The van der Waals surface area contributed by atoms with Crippen LogP contribution >= 0.6 is 0 Å².